The second-order valence-electron chi connectivity index (χ2n) is 5.96. The number of alkyl halides is 3. The van der Waals surface area contributed by atoms with Gasteiger partial charge in [-0.15, -0.1) is 0 Å². The number of hydrogen-bond acceptors (Lipinski definition) is 3. The molecule has 144 valence electrons. The molecule has 0 aliphatic heterocycles. The molecule has 1 aromatic heterocycles. The van der Waals surface area contributed by atoms with Gasteiger partial charge in [0.1, 0.15) is 11.5 Å². The minimum Gasteiger partial charge on any atom is -0.469 e. The van der Waals surface area contributed by atoms with Crippen LogP contribution in [-0.4, -0.2) is 18.1 Å². The molecule has 0 amide bonds. The Labute approximate surface area is 154 Å². The molecule has 0 N–H and O–H groups in total. The van der Waals surface area contributed by atoms with Gasteiger partial charge in [-0.05, 0) is 60.2 Å². The second-order valence-corrected chi connectivity index (χ2v) is 5.96. The number of carbonyl (C=O) groups excluding carboxylic acids is 1. The first-order chi connectivity index (χ1) is 12.7. The number of esters is 1. The normalized spacial score (nSPS) is 12.1. The zero-order chi connectivity index (χ0) is 20.0. The van der Waals surface area contributed by atoms with Crippen molar-refractivity contribution in [2.75, 3.05) is 7.11 Å². The van der Waals surface area contributed by atoms with Crippen molar-refractivity contribution in [3.05, 3.63) is 70.8 Å². The Hall–Kier alpha value is -2.70. The summed E-state index contributed by atoms with van der Waals surface area (Å²) in [6.45, 7) is 1.64. The molecular weight excluding hydrogens is 362 g/mol. The highest BCUT2D eigenvalue weighted by Gasteiger charge is 2.32. The van der Waals surface area contributed by atoms with Crippen molar-refractivity contribution < 1.29 is 27.1 Å². The van der Waals surface area contributed by atoms with Gasteiger partial charge in [0.05, 0.1) is 7.11 Å². The predicted octanol–water partition coefficient (Wildman–Crippen LogP) is 5.13. The highest BCUT2D eigenvalue weighted by molar-refractivity contribution is 5.74. The molecule has 0 atom stereocenters. The third-order valence-corrected chi connectivity index (χ3v) is 4.20. The average Bonchev–Trinajstić information content (AvgIpc) is 2.64. The summed E-state index contributed by atoms with van der Waals surface area (Å²) in [5.74, 6) is -0.812. The number of methoxy groups -OCH3 is 1. The zero-order valence-corrected chi connectivity index (χ0v) is 14.9. The number of ether oxygens (including phenoxy) is 1. The number of benzene rings is 1. The molecule has 0 saturated carbocycles. The fourth-order valence-corrected chi connectivity index (χ4v) is 2.59. The van der Waals surface area contributed by atoms with E-state index in [4.69, 9.17) is 0 Å². The van der Waals surface area contributed by atoms with Gasteiger partial charge in [-0.1, -0.05) is 18.2 Å². The van der Waals surface area contributed by atoms with Gasteiger partial charge in [0.15, 0.2) is 0 Å². The van der Waals surface area contributed by atoms with E-state index in [0.717, 1.165) is 17.8 Å². The molecule has 3 nitrogen and oxygen atoms in total. The lowest BCUT2D eigenvalue weighted by Gasteiger charge is -2.12. The van der Waals surface area contributed by atoms with Gasteiger partial charge in [-0.3, -0.25) is 9.78 Å². The van der Waals surface area contributed by atoms with Crippen molar-refractivity contribution >= 4 is 11.5 Å². The van der Waals surface area contributed by atoms with E-state index < -0.39 is 17.8 Å². The summed E-state index contributed by atoms with van der Waals surface area (Å²) in [6.07, 6.45) is -1.24. The lowest BCUT2D eigenvalue weighted by atomic mass is 9.97. The molecule has 0 radical (unpaired) electrons. The van der Waals surface area contributed by atoms with Crippen molar-refractivity contribution in [1.82, 2.24) is 4.98 Å². The first-order valence-electron chi connectivity index (χ1n) is 8.26. The Kier molecular flexibility index (Phi) is 6.71. The molecular formula is C20H19F4NO2. The number of halogens is 4. The van der Waals surface area contributed by atoms with Gasteiger partial charge in [0.2, 0.25) is 0 Å². The molecule has 0 saturated heterocycles. The maximum absolute atomic E-state index is 13.7. The molecule has 0 unspecified atom stereocenters. The monoisotopic (exact) mass is 381 g/mol. The van der Waals surface area contributed by atoms with Crippen LogP contribution in [0.15, 0.2) is 42.6 Å². The molecule has 7 heteroatoms. The van der Waals surface area contributed by atoms with Crippen molar-refractivity contribution in [2.24, 2.45) is 0 Å². The Morgan fingerprint density at radius 1 is 1.22 bits per heavy atom. The fourth-order valence-electron chi connectivity index (χ4n) is 2.59. The van der Waals surface area contributed by atoms with E-state index in [2.05, 4.69) is 9.72 Å². The number of hydrogen-bond donors (Lipinski definition) is 0. The van der Waals surface area contributed by atoms with E-state index in [0.29, 0.717) is 23.1 Å². The minimum absolute atomic E-state index is 0.0220. The number of rotatable bonds is 6. The molecule has 27 heavy (non-hydrogen) atoms. The lowest BCUT2D eigenvalue weighted by Crippen LogP contribution is -2.08. The van der Waals surface area contributed by atoms with Crippen molar-refractivity contribution in [3.8, 4) is 0 Å². The Balaban J connectivity index is 2.36. The lowest BCUT2D eigenvalue weighted by molar-refractivity contribution is -0.141. The van der Waals surface area contributed by atoms with Crippen molar-refractivity contribution in [1.29, 1.82) is 0 Å². The fraction of sp³-hybridized carbons (Fsp3) is 0.300. The Morgan fingerprint density at radius 2 is 1.96 bits per heavy atom. The molecule has 0 bridgehead atoms. The molecule has 2 aromatic rings. The van der Waals surface area contributed by atoms with Gasteiger partial charge in [-0.2, -0.15) is 13.2 Å². The predicted molar refractivity (Wildman–Crippen MR) is 93.3 cm³/mol. The Morgan fingerprint density at radius 3 is 2.63 bits per heavy atom. The SMILES string of the molecule is COC(=O)CC/C(=C\Cc1cccc(F)c1C)c1ccnc(C(F)(F)F)c1. The van der Waals surface area contributed by atoms with Crippen LogP contribution in [0.4, 0.5) is 17.6 Å². The van der Waals surface area contributed by atoms with E-state index in [1.807, 2.05) is 0 Å². The smallest absolute Gasteiger partial charge is 0.433 e. The highest BCUT2D eigenvalue weighted by Crippen LogP contribution is 2.30. The molecule has 2 rings (SSSR count). The first kappa shape index (κ1) is 20.6. The third-order valence-electron chi connectivity index (χ3n) is 4.20. The molecule has 0 aliphatic carbocycles. The zero-order valence-electron chi connectivity index (χ0n) is 14.9. The summed E-state index contributed by atoms with van der Waals surface area (Å²) >= 11 is 0. The highest BCUT2D eigenvalue weighted by atomic mass is 19.4. The van der Waals surface area contributed by atoms with Crippen LogP contribution in [0.5, 0.6) is 0 Å². The van der Waals surface area contributed by atoms with Crippen LogP contribution in [0.25, 0.3) is 5.57 Å². The first-order valence-corrected chi connectivity index (χ1v) is 8.26. The minimum atomic E-state index is -4.57. The van der Waals surface area contributed by atoms with Crippen LogP contribution >= 0.6 is 0 Å². The standard InChI is InChI=1S/C20H19F4NO2/c1-13-14(4-3-5-17(13)21)6-7-15(8-9-19(26)27-2)16-10-11-25-18(12-16)20(22,23)24/h3-5,7,10-12H,6,8-9H2,1-2H3/b15-7+. The number of nitrogens with zero attached hydrogens (tertiary/aromatic N) is 1. The van der Waals surface area contributed by atoms with Gasteiger partial charge >= 0.3 is 12.1 Å². The second kappa shape index (κ2) is 8.79. The summed E-state index contributed by atoms with van der Waals surface area (Å²) < 4.78 is 57.2. The molecule has 0 spiro atoms. The summed E-state index contributed by atoms with van der Waals surface area (Å²) in [5.41, 5.74) is 1.04. The molecule has 1 heterocycles. The van der Waals surface area contributed by atoms with E-state index in [1.54, 1.807) is 25.1 Å². The van der Waals surface area contributed by atoms with Gasteiger partial charge < -0.3 is 4.74 Å². The van der Waals surface area contributed by atoms with E-state index >= 15 is 0 Å². The Bertz CT molecular complexity index is 844. The van der Waals surface area contributed by atoms with Crippen LogP contribution in [0.2, 0.25) is 0 Å². The van der Waals surface area contributed by atoms with Crippen molar-refractivity contribution in [3.63, 3.8) is 0 Å². The van der Waals surface area contributed by atoms with E-state index in [9.17, 15) is 22.4 Å². The van der Waals surface area contributed by atoms with Crippen LogP contribution < -0.4 is 0 Å². The largest absolute Gasteiger partial charge is 0.469 e. The summed E-state index contributed by atoms with van der Waals surface area (Å²) in [5, 5.41) is 0. The van der Waals surface area contributed by atoms with Crippen LogP contribution in [-0.2, 0) is 22.1 Å². The summed E-state index contributed by atoms with van der Waals surface area (Å²) in [6, 6.07) is 7.08. The summed E-state index contributed by atoms with van der Waals surface area (Å²) in [4.78, 5) is 14.8. The number of allylic oxidation sites excluding steroid dienone is 2. The quantitative estimate of drug-likeness (QED) is 0.515. The van der Waals surface area contributed by atoms with Crippen LogP contribution in [0.1, 0.15) is 35.2 Å². The maximum Gasteiger partial charge on any atom is 0.433 e. The number of aromatic nitrogens is 1. The molecule has 1 aromatic carbocycles. The van der Waals surface area contributed by atoms with E-state index in [1.165, 1.54) is 19.2 Å². The van der Waals surface area contributed by atoms with Crippen LogP contribution in [0, 0.1) is 12.7 Å². The van der Waals surface area contributed by atoms with E-state index in [-0.39, 0.29) is 18.7 Å². The van der Waals surface area contributed by atoms with Crippen LogP contribution in [0.3, 0.4) is 0 Å². The number of pyridine rings is 1. The van der Waals surface area contributed by atoms with Gasteiger partial charge in [0.25, 0.3) is 0 Å². The topological polar surface area (TPSA) is 39.2 Å². The average molecular weight is 381 g/mol. The molecule has 0 aliphatic rings. The van der Waals surface area contributed by atoms with Gasteiger partial charge in [-0.25, -0.2) is 4.39 Å². The van der Waals surface area contributed by atoms with Crippen molar-refractivity contribution in [2.45, 2.75) is 32.4 Å². The maximum atomic E-state index is 13.7. The third kappa shape index (κ3) is 5.64. The van der Waals surface area contributed by atoms with Gasteiger partial charge in [0, 0.05) is 12.6 Å². The molecule has 0 fully saturated rings. The number of carbonyl (C=O) groups is 1. The summed E-state index contributed by atoms with van der Waals surface area (Å²) in [7, 11) is 1.25.